The van der Waals surface area contributed by atoms with Gasteiger partial charge in [0.2, 0.25) is 0 Å². The van der Waals surface area contributed by atoms with Gasteiger partial charge in [0.1, 0.15) is 5.75 Å². The highest BCUT2D eigenvalue weighted by Crippen LogP contribution is 2.43. The Bertz CT molecular complexity index is 1220. The van der Waals surface area contributed by atoms with Crippen molar-refractivity contribution in [3.05, 3.63) is 90.5 Å². The maximum absolute atomic E-state index is 13.7. The van der Waals surface area contributed by atoms with Crippen molar-refractivity contribution in [3.8, 4) is 5.75 Å². The molecule has 34 heavy (non-hydrogen) atoms. The quantitative estimate of drug-likeness (QED) is 0.616. The molecule has 3 aromatic rings. The van der Waals surface area contributed by atoms with Crippen molar-refractivity contribution in [2.24, 2.45) is 22.0 Å². The van der Waals surface area contributed by atoms with Crippen LogP contribution in [0, 0.1) is 11.8 Å². The number of carbonyl (C=O) groups is 2. The van der Waals surface area contributed by atoms with E-state index in [2.05, 4.69) is 10.2 Å². The van der Waals surface area contributed by atoms with Gasteiger partial charge in [0.25, 0.3) is 11.8 Å². The molecule has 1 N–H and O–H groups in total. The number of hydrogen-bond acceptors (Lipinski definition) is 5. The SMILES string of the molecule is CC1=NN(c2ccccc2)C(=O)[C@H]1C(c1cccc(O)c1)[C@@H]1C(=O)N(c2ccccc2)N=C1C. The normalized spacial score (nSPS) is 20.2. The van der Waals surface area contributed by atoms with Gasteiger partial charge in [-0.15, -0.1) is 0 Å². The first-order chi connectivity index (χ1) is 16.5. The fourth-order valence-corrected chi connectivity index (χ4v) is 4.80. The van der Waals surface area contributed by atoms with Gasteiger partial charge in [0, 0.05) is 17.3 Å². The number of nitrogens with zero attached hydrogens (tertiary/aromatic N) is 4. The van der Waals surface area contributed by atoms with Gasteiger partial charge in [0.15, 0.2) is 0 Å². The third-order valence-corrected chi connectivity index (χ3v) is 6.34. The predicted octanol–water partition coefficient (Wildman–Crippen LogP) is 4.55. The van der Waals surface area contributed by atoms with E-state index in [1.165, 1.54) is 10.0 Å². The molecule has 7 nitrogen and oxygen atoms in total. The number of aromatic hydroxyl groups is 1. The number of phenolic OH excluding ortho intramolecular Hbond substituents is 1. The molecule has 0 unspecified atom stereocenters. The van der Waals surface area contributed by atoms with Gasteiger partial charge in [-0.2, -0.15) is 10.2 Å². The summed E-state index contributed by atoms with van der Waals surface area (Å²) in [6.45, 7) is 3.62. The molecule has 7 heteroatoms. The molecule has 5 rings (SSSR count). The second-order valence-corrected chi connectivity index (χ2v) is 8.53. The first-order valence-electron chi connectivity index (χ1n) is 11.1. The molecule has 170 valence electrons. The van der Waals surface area contributed by atoms with Crippen molar-refractivity contribution in [3.63, 3.8) is 0 Å². The summed E-state index contributed by atoms with van der Waals surface area (Å²) in [5.74, 6) is -2.30. The highest BCUT2D eigenvalue weighted by atomic mass is 16.3. The predicted molar refractivity (Wildman–Crippen MR) is 132 cm³/mol. The van der Waals surface area contributed by atoms with Crippen LogP contribution < -0.4 is 10.0 Å². The monoisotopic (exact) mass is 452 g/mol. The summed E-state index contributed by atoms with van der Waals surface area (Å²) in [5, 5.41) is 22.1. The molecular weight excluding hydrogens is 428 g/mol. The molecule has 0 aromatic heterocycles. The maximum atomic E-state index is 13.7. The minimum Gasteiger partial charge on any atom is -0.508 e. The van der Waals surface area contributed by atoms with E-state index in [0.717, 1.165) is 0 Å². The van der Waals surface area contributed by atoms with Crippen LogP contribution in [-0.4, -0.2) is 28.3 Å². The van der Waals surface area contributed by atoms with Crippen LogP contribution >= 0.6 is 0 Å². The summed E-state index contributed by atoms with van der Waals surface area (Å²) < 4.78 is 0. The van der Waals surface area contributed by atoms with E-state index >= 15 is 0 Å². The zero-order valence-corrected chi connectivity index (χ0v) is 18.9. The van der Waals surface area contributed by atoms with E-state index in [-0.39, 0.29) is 17.6 Å². The van der Waals surface area contributed by atoms with E-state index < -0.39 is 17.8 Å². The molecule has 3 aromatic carbocycles. The molecule has 0 bridgehead atoms. The van der Waals surface area contributed by atoms with Crippen LogP contribution in [0.5, 0.6) is 5.75 Å². The molecule has 0 saturated heterocycles. The van der Waals surface area contributed by atoms with Gasteiger partial charge in [-0.05, 0) is 55.8 Å². The van der Waals surface area contributed by atoms with E-state index in [1.807, 2.05) is 80.6 Å². The summed E-state index contributed by atoms with van der Waals surface area (Å²) in [4.78, 5) is 27.4. The topological polar surface area (TPSA) is 85.6 Å². The number of carbonyl (C=O) groups excluding carboxylic acids is 2. The van der Waals surface area contributed by atoms with Gasteiger partial charge in [-0.25, -0.2) is 10.0 Å². The van der Waals surface area contributed by atoms with Crippen LogP contribution in [0.4, 0.5) is 11.4 Å². The average Bonchev–Trinajstić information content (AvgIpc) is 3.31. The number of hydrazone groups is 2. The Balaban J connectivity index is 1.58. The lowest BCUT2D eigenvalue weighted by atomic mass is 9.73. The van der Waals surface area contributed by atoms with Crippen LogP contribution in [0.1, 0.15) is 25.3 Å². The first-order valence-corrected chi connectivity index (χ1v) is 11.1. The van der Waals surface area contributed by atoms with Crippen LogP contribution in [0.15, 0.2) is 95.1 Å². The summed E-state index contributed by atoms with van der Waals surface area (Å²) >= 11 is 0. The second-order valence-electron chi connectivity index (χ2n) is 8.53. The van der Waals surface area contributed by atoms with Crippen molar-refractivity contribution in [1.29, 1.82) is 0 Å². The average molecular weight is 453 g/mol. The summed E-state index contributed by atoms with van der Waals surface area (Å²) in [6.07, 6.45) is 0. The Kier molecular flexibility index (Phi) is 5.45. The van der Waals surface area contributed by atoms with Gasteiger partial charge in [-0.1, -0.05) is 48.5 Å². The minimum atomic E-state index is -0.683. The third kappa shape index (κ3) is 3.65. The number of para-hydroxylation sites is 2. The molecular formula is C27H24N4O3. The number of hydrogen-bond donors (Lipinski definition) is 1. The Morgan fingerprint density at radius 1 is 0.706 bits per heavy atom. The van der Waals surface area contributed by atoms with Crippen molar-refractivity contribution >= 4 is 34.6 Å². The van der Waals surface area contributed by atoms with Crippen molar-refractivity contribution < 1.29 is 14.7 Å². The van der Waals surface area contributed by atoms with Crippen molar-refractivity contribution in [2.45, 2.75) is 19.8 Å². The smallest absolute Gasteiger partial charge is 0.256 e. The van der Waals surface area contributed by atoms with Crippen LogP contribution in [0.2, 0.25) is 0 Å². The number of benzene rings is 3. The Morgan fingerprint density at radius 3 is 1.62 bits per heavy atom. The second kappa shape index (κ2) is 8.59. The highest BCUT2D eigenvalue weighted by Gasteiger charge is 2.50. The number of amides is 2. The summed E-state index contributed by atoms with van der Waals surface area (Å²) in [6, 6.07) is 25.2. The van der Waals surface area contributed by atoms with Crippen LogP contribution in [-0.2, 0) is 9.59 Å². The zero-order chi connectivity index (χ0) is 23.8. The largest absolute Gasteiger partial charge is 0.508 e. The van der Waals surface area contributed by atoms with Crippen LogP contribution in [0.25, 0.3) is 0 Å². The van der Waals surface area contributed by atoms with Crippen molar-refractivity contribution in [2.75, 3.05) is 10.0 Å². The van der Waals surface area contributed by atoms with E-state index in [1.54, 1.807) is 18.2 Å². The van der Waals surface area contributed by atoms with Gasteiger partial charge >= 0.3 is 0 Å². The minimum absolute atomic E-state index is 0.0717. The van der Waals surface area contributed by atoms with Crippen molar-refractivity contribution in [1.82, 2.24) is 0 Å². The van der Waals surface area contributed by atoms with Gasteiger partial charge < -0.3 is 5.11 Å². The number of rotatable bonds is 5. The molecule has 0 spiro atoms. The lowest BCUT2D eigenvalue weighted by Gasteiger charge is -2.28. The Morgan fingerprint density at radius 2 is 1.18 bits per heavy atom. The standard InChI is InChI=1S/C27H24N4O3/c1-17-23(26(33)30(28-17)20-11-5-3-6-12-20)25(19-10-9-15-22(32)16-19)24-18(2)29-31(27(24)34)21-13-7-4-8-14-21/h3-16,23-25,32H,1-2H3/t23-,24-/m1/s1. The number of anilines is 2. The fraction of sp³-hybridized carbons (Fsp3) is 0.185. The third-order valence-electron chi connectivity index (χ3n) is 6.34. The lowest BCUT2D eigenvalue weighted by molar-refractivity contribution is -0.122. The summed E-state index contributed by atoms with van der Waals surface area (Å²) in [7, 11) is 0. The Hall–Kier alpha value is -4.26. The lowest BCUT2D eigenvalue weighted by Crippen LogP contribution is -2.40. The zero-order valence-electron chi connectivity index (χ0n) is 18.9. The number of phenols is 1. The van der Waals surface area contributed by atoms with Gasteiger partial charge in [-0.3, -0.25) is 9.59 Å². The van der Waals surface area contributed by atoms with Gasteiger partial charge in [0.05, 0.1) is 23.2 Å². The molecule has 0 fully saturated rings. The molecule has 0 aliphatic carbocycles. The molecule has 0 radical (unpaired) electrons. The highest BCUT2D eigenvalue weighted by molar-refractivity contribution is 6.19. The van der Waals surface area contributed by atoms with E-state index in [9.17, 15) is 14.7 Å². The molecule has 2 heterocycles. The Labute approximate surface area is 197 Å². The first kappa shape index (κ1) is 21.6. The maximum Gasteiger partial charge on any atom is 0.256 e. The molecule has 0 saturated carbocycles. The summed E-state index contributed by atoms with van der Waals surface area (Å²) in [5.41, 5.74) is 3.24. The molecule has 2 atom stereocenters. The molecule has 2 aliphatic heterocycles. The molecule has 2 amide bonds. The fourth-order valence-electron chi connectivity index (χ4n) is 4.80. The van der Waals surface area contributed by atoms with Crippen LogP contribution in [0.3, 0.4) is 0 Å². The van der Waals surface area contributed by atoms with E-state index in [0.29, 0.717) is 28.4 Å². The van der Waals surface area contributed by atoms with E-state index in [4.69, 9.17) is 0 Å². The molecule has 2 aliphatic rings.